The molecule has 2 atom stereocenters. The summed E-state index contributed by atoms with van der Waals surface area (Å²) in [6.07, 6.45) is 4.34. The first-order valence-electron chi connectivity index (χ1n) is 7.29. The van der Waals surface area contributed by atoms with Crippen LogP contribution < -0.4 is 10.5 Å². The standard InChI is InChI=1S/C14H20BrN3O2S/c15-10-4-5-11(16)14(9-10)21(19,20)17-12-6-8-18-7-2-1-3-13(12)18/h4-5,9,12-13,17H,1-3,6-8,16H2. The van der Waals surface area contributed by atoms with Gasteiger partial charge in [-0.3, -0.25) is 4.90 Å². The maximum absolute atomic E-state index is 12.6. The number of nitrogen functional groups attached to an aromatic ring is 1. The molecular formula is C14H20BrN3O2S. The molecule has 0 radical (unpaired) electrons. The van der Waals surface area contributed by atoms with Crippen molar-refractivity contribution in [3.05, 3.63) is 22.7 Å². The van der Waals surface area contributed by atoms with E-state index in [2.05, 4.69) is 25.6 Å². The summed E-state index contributed by atoms with van der Waals surface area (Å²) in [4.78, 5) is 2.56. The van der Waals surface area contributed by atoms with E-state index in [9.17, 15) is 8.42 Å². The number of benzene rings is 1. The van der Waals surface area contributed by atoms with Crippen molar-refractivity contribution in [2.75, 3.05) is 18.8 Å². The SMILES string of the molecule is Nc1ccc(Br)cc1S(=O)(=O)NC1CCN2CCCCC12. The van der Waals surface area contributed by atoms with Crippen molar-refractivity contribution < 1.29 is 8.42 Å². The molecule has 2 aliphatic rings. The molecule has 0 saturated carbocycles. The van der Waals surface area contributed by atoms with Gasteiger partial charge in [-0.1, -0.05) is 22.4 Å². The predicted octanol–water partition coefficient (Wildman–Crippen LogP) is 1.94. The van der Waals surface area contributed by atoms with Gasteiger partial charge in [0, 0.05) is 23.1 Å². The van der Waals surface area contributed by atoms with E-state index in [1.165, 1.54) is 12.8 Å². The molecule has 1 aromatic carbocycles. The lowest BCUT2D eigenvalue weighted by Crippen LogP contribution is -2.46. The maximum Gasteiger partial charge on any atom is 0.242 e. The van der Waals surface area contributed by atoms with Crippen molar-refractivity contribution in [3.63, 3.8) is 0 Å². The van der Waals surface area contributed by atoms with Gasteiger partial charge in [0.25, 0.3) is 0 Å². The minimum absolute atomic E-state index is 0.00585. The van der Waals surface area contributed by atoms with Crippen molar-refractivity contribution in [1.29, 1.82) is 0 Å². The Morgan fingerprint density at radius 2 is 2.05 bits per heavy atom. The van der Waals surface area contributed by atoms with Crippen molar-refractivity contribution in [3.8, 4) is 0 Å². The van der Waals surface area contributed by atoms with Crippen LogP contribution in [-0.2, 0) is 10.0 Å². The molecule has 0 amide bonds. The molecule has 0 spiro atoms. The fourth-order valence-corrected chi connectivity index (χ4v) is 5.36. The van der Waals surface area contributed by atoms with Crippen LogP contribution in [0.15, 0.2) is 27.6 Å². The Bertz CT molecular complexity index is 635. The zero-order valence-corrected chi connectivity index (χ0v) is 14.2. The lowest BCUT2D eigenvalue weighted by molar-refractivity contribution is 0.186. The number of fused-ring (bicyclic) bond motifs is 1. The highest BCUT2D eigenvalue weighted by Gasteiger charge is 2.38. The molecule has 2 unspecified atom stereocenters. The first kappa shape index (κ1) is 15.3. The second-order valence-electron chi connectivity index (χ2n) is 5.80. The minimum atomic E-state index is -3.58. The van der Waals surface area contributed by atoms with Crippen LogP contribution in [0.25, 0.3) is 0 Å². The molecule has 21 heavy (non-hydrogen) atoms. The number of nitrogens with zero attached hydrogens (tertiary/aromatic N) is 1. The molecule has 2 heterocycles. The molecule has 116 valence electrons. The summed E-state index contributed by atoms with van der Waals surface area (Å²) in [7, 11) is -3.58. The van der Waals surface area contributed by atoms with Crippen molar-refractivity contribution >= 4 is 31.6 Å². The van der Waals surface area contributed by atoms with E-state index in [-0.39, 0.29) is 16.6 Å². The minimum Gasteiger partial charge on any atom is -0.398 e. The molecule has 1 aromatic rings. The van der Waals surface area contributed by atoms with E-state index in [0.29, 0.717) is 10.5 Å². The number of rotatable bonds is 3. The average Bonchev–Trinajstić information content (AvgIpc) is 2.84. The summed E-state index contributed by atoms with van der Waals surface area (Å²) in [6, 6.07) is 5.24. The van der Waals surface area contributed by atoms with E-state index in [0.717, 1.165) is 25.9 Å². The molecule has 7 heteroatoms. The number of piperidine rings is 1. The van der Waals surface area contributed by atoms with Crippen LogP contribution in [0.3, 0.4) is 0 Å². The predicted molar refractivity (Wildman–Crippen MR) is 86.5 cm³/mol. The van der Waals surface area contributed by atoms with Gasteiger partial charge in [0.15, 0.2) is 0 Å². The van der Waals surface area contributed by atoms with Gasteiger partial charge in [0.1, 0.15) is 4.90 Å². The Kier molecular flexibility index (Phi) is 4.27. The van der Waals surface area contributed by atoms with E-state index < -0.39 is 10.0 Å². The van der Waals surface area contributed by atoms with E-state index in [1.54, 1.807) is 18.2 Å². The smallest absolute Gasteiger partial charge is 0.242 e. The van der Waals surface area contributed by atoms with Crippen LogP contribution in [0.5, 0.6) is 0 Å². The second-order valence-corrected chi connectivity index (χ2v) is 8.40. The van der Waals surface area contributed by atoms with Crippen LogP contribution in [0.1, 0.15) is 25.7 Å². The normalized spacial score (nSPS) is 26.7. The summed E-state index contributed by atoms with van der Waals surface area (Å²) in [6.45, 7) is 2.06. The maximum atomic E-state index is 12.6. The van der Waals surface area contributed by atoms with Gasteiger partial charge in [-0.15, -0.1) is 0 Å². The van der Waals surface area contributed by atoms with Crippen LogP contribution in [0.4, 0.5) is 5.69 Å². The number of sulfonamides is 1. The Morgan fingerprint density at radius 1 is 1.24 bits per heavy atom. The van der Waals surface area contributed by atoms with Crippen LogP contribution in [0, 0.1) is 0 Å². The number of halogens is 1. The Morgan fingerprint density at radius 3 is 2.86 bits per heavy atom. The van der Waals surface area contributed by atoms with Gasteiger partial charge in [-0.05, 0) is 44.0 Å². The number of nitrogens with one attached hydrogen (secondary N) is 1. The Hall–Kier alpha value is -0.630. The lowest BCUT2D eigenvalue weighted by Gasteiger charge is -2.32. The highest BCUT2D eigenvalue weighted by molar-refractivity contribution is 9.10. The highest BCUT2D eigenvalue weighted by atomic mass is 79.9. The first-order valence-corrected chi connectivity index (χ1v) is 9.56. The van der Waals surface area contributed by atoms with E-state index in [1.807, 2.05) is 0 Å². The Labute approximate surface area is 134 Å². The number of hydrogen-bond acceptors (Lipinski definition) is 4. The van der Waals surface area contributed by atoms with Gasteiger partial charge in [0.2, 0.25) is 10.0 Å². The number of hydrogen-bond donors (Lipinski definition) is 2. The molecule has 0 aliphatic carbocycles. The van der Waals surface area contributed by atoms with Gasteiger partial charge in [-0.25, -0.2) is 13.1 Å². The largest absolute Gasteiger partial charge is 0.398 e. The third-order valence-electron chi connectivity index (χ3n) is 4.43. The zero-order chi connectivity index (χ0) is 15.0. The highest BCUT2D eigenvalue weighted by Crippen LogP contribution is 2.29. The zero-order valence-electron chi connectivity index (χ0n) is 11.8. The monoisotopic (exact) mass is 373 g/mol. The van der Waals surface area contributed by atoms with Crippen molar-refractivity contribution in [2.45, 2.75) is 42.7 Å². The molecule has 0 aromatic heterocycles. The molecule has 2 fully saturated rings. The molecule has 3 N–H and O–H groups in total. The van der Waals surface area contributed by atoms with Crippen LogP contribution >= 0.6 is 15.9 Å². The summed E-state index contributed by atoms with van der Waals surface area (Å²) < 4.78 is 28.8. The summed E-state index contributed by atoms with van der Waals surface area (Å²) >= 11 is 3.30. The molecule has 3 rings (SSSR count). The molecule has 2 saturated heterocycles. The lowest BCUT2D eigenvalue weighted by atomic mass is 10.00. The number of nitrogens with two attached hydrogens (primary N) is 1. The first-order chi connectivity index (χ1) is 9.97. The topological polar surface area (TPSA) is 75.4 Å². The van der Waals surface area contributed by atoms with Gasteiger partial charge >= 0.3 is 0 Å². The fourth-order valence-electron chi connectivity index (χ4n) is 3.39. The van der Waals surface area contributed by atoms with Gasteiger partial charge in [-0.2, -0.15) is 0 Å². The van der Waals surface area contributed by atoms with Crippen LogP contribution in [-0.4, -0.2) is 38.5 Å². The summed E-state index contributed by atoms with van der Waals surface area (Å²) in [5.74, 6) is 0. The third-order valence-corrected chi connectivity index (χ3v) is 6.47. The fraction of sp³-hybridized carbons (Fsp3) is 0.571. The van der Waals surface area contributed by atoms with Crippen molar-refractivity contribution in [1.82, 2.24) is 9.62 Å². The third kappa shape index (κ3) is 3.11. The van der Waals surface area contributed by atoms with Crippen molar-refractivity contribution in [2.24, 2.45) is 0 Å². The summed E-state index contributed by atoms with van der Waals surface area (Å²) in [5, 5.41) is 0. The van der Waals surface area contributed by atoms with Gasteiger partial charge < -0.3 is 5.73 Å². The van der Waals surface area contributed by atoms with Gasteiger partial charge in [0.05, 0.1) is 5.69 Å². The summed E-state index contributed by atoms with van der Waals surface area (Å²) in [5.41, 5.74) is 6.11. The molecule has 5 nitrogen and oxygen atoms in total. The second kappa shape index (κ2) is 5.87. The molecular weight excluding hydrogens is 354 g/mol. The van der Waals surface area contributed by atoms with E-state index in [4.69, 9.17) is 5.73 Å². The average molecular weight is 374 g/mol. The van der Waals surface area contributed by atoms with E-state index >= 15 is 0 Å². The molecule has 2 aliphatic heterocycles. The quantitative estimate of drug-likeness (QED) is 0.793. The van der Waals surface area contributed by atoms with Crippen LogP contribution in [0.2, 0.25) is 0 Å². The molecule has 0 bridgehead atoms. The Balaban J connectivity index is 1.81. The number of anilines is 1.